The molecule has 0 amide bonds. The molecule has 5 nitrogen and oxygen atoms in total. The second-order valence-electron chi connectivity index (χ2n) is 2.44. The van der Waals surface area contributed by atoms with Crippen molar-refractivity contribution < 1.29 is 18.4 Å². The van der Waals surface area contributed by atoms with E-state index >= 15 is 0 Å². The van der Waals surface area contributed by atoms with Crippen molar-refractivity contribution in [3.63, 3.8) is 0 Å². The molecule has 0 fully saturated rings. The highest BCUT2D eigenvalue weighted by atomic mass is 79.9. The van der Waals surface area contributed by atoms with Crippen LogP contribution in [0, 0.1) is 10.1 Å². The number of hydrogen-bond donors (Lipinski definition) is 0. The van der Waals surface area contributed by atoms with Crippen LogP contribution in [-0.2, 0) is 0 Å². The van der Waals surface area contributed by atoms with E-state index in [1.165, 1.54) is 0 Å². The number of hydrogen-bond acceptors (Lipinski definition) is 4. The summed E-state index contributed by atoms with van der Waals surface area (Å²) in [6.07, 6.45) is -2.07. The average molecular weight is 283 g/mol. The number of ether oxygens (including phenoxy) is 1. The van der Waals surface area contributed by atoms with Gasteiger partial charge < -0.3 is 14.9 Å². The van der Waals surface area contributed by atoms with Gasteiger partial charge in [0.2, 0.25) is 0 Å². The summed E-state index contributed by atoms with van der Waals surface area (Å²) < 4.78 is 29.3. The molecule has 0 unspecified atom stereocenters. The maximum absolute atomic E-state index is 12.4. The molecule has 8 heteroatoms. The normalized spacial score (nSPS) is 10.5. The van der Waals surface area contributed by atoms with Crippen LogP contribution in [0.15, 0.2) is 10.7 Å². The summed E-state index contributed by atoms with van der Waals surface area (Å²) in [5.41, 5.74) is -0.491. The Labute approximate surface area is 91.3 Å². The van der Waals surface area contributed by atoms with Crippen LogP contribution in [0.3, 0.4) is 0 Å². The van der Waals surface area contributed by atoms with Crippen molar-refractivity contribution >= 4 is 21.7 Å². The molecule has 82 valence electrons. The van der Waals surface area contributed by atoms with Gasteiger partial charge in [-0.25, -0.2) is 8.78 Å². The zero-order valence-corrected chi connectivity index (χ0v) is 8.99. The summed E-state index contributed by atoms with van der Waals surface area (Å²) in [4.78, 5) is 13.0. The molecule has 1 aromatic rings. The zero-order valence-electron chi connectivity index (χ0n) is 7.41. The summed E-state index contributed by atoms with van der Waals surface area (Å²) in [5, 5.41) is 10.4. The van der Waals surface area contributed by atoms with Crippen molar-refractivity contribution in [3.8, 4) is 5.75 Å². The molecule has 0 saturated heterocycles. The maximum atomic E-state index is 12.4. The van der Waals surface area contributed by atoms with Gasteiger partial charge in [0.15, 0.2) is 16.4 Å². The second-order valence-corrected chi connectivity index (χ2v) is 3.24. The Kier molecular flexibility index (Phi) is 3.51. The van der Waals surface area contributed by atoms with Crippen LogP contribution in [0.2, 0.25) is 0 Å². The highest BCUT2D eigenvalue weighted by molar-refractivity contribution is 9.10. The Morgan fingerprint density at radius 1 is 1.67 bits per heavy atom. The number of nitro groups is 1. The summed E-state index contributed by atoms with van der Waals surface area (Å²) in [6.45, 7) is 0. The SMILES string of the molecule is COc1c(C(F)F)cnc([N+](=O)[O-])c1Br. The third kappa shape index (κ3) is 2.20. The van der Waals surface area contributed by atoms with Gasteiger partial charge in [-0.05, 0) is 25.8 Å². The highest BCUT2D eigenvalue weighted by Crippen LogP contribution is 2.39. The number of rotatable bonds is 3. The monoisotopic (exact) mass is 282 g/mol. The molecule has 1 rings (SSSR count). The Morgan fingerprint density at radius 3 is 2.67 bits per heavy atom. The van der Waals surface area contributed by atoms with E-state index in [2.05, 4.69) is 25.7 Å². The van der Waals surface area contributed by atoms with Crippen LogP contribution in [0.5, 0.6) is 5.75 Å². The van der Waals surface area contributed by atoms with Gasteiger partial charge in [-0.3, -0.25) is 0 Å². The fourth-order valence-electron chi connectivity index (χ4n) is 0.964. The minimum atomic E-state index is -2.80. The average Bonchev–Trinajstić information content (AvgIpc) is 2.16. The Hall–Kier alpha value is -1.31. The second kappa shape index (κ2) is 4.47. The minimum Gasteiger partial charge on any atom is -0.495 e. The Morgan fingerprint density at radius 2 is 2.27 bits per heavy atom. The first-order valence-corrected chi connectivity index (χ1v) is 4.43. The fraction of sp³-hybridized carbons (Fsp3) is 0.286. The van der Waals surface area contributed by atoms with Gasteiger partial charge in [-0.2, -0.15) is 0 Å². The van der Waals surface area contributed by atoms with Crippen molar-refractivity contribution in [2.24, 2.45) is 0 Å². The number of pyridine rings is 1. The molecule has 0 bridgehead atoms. The van der Waals surface area contributed by atoms with E-state index in [9.17, 15) is 18.9 Å². The number of methoxy groups -OCH3 is 1. The summed E-state index contributed by atoms with van der Waals surface area (Å²) in [6, 6.07) is 0. The molecule has 1 aromatic heterocycles. The van der Waals surface area contributed by atoms with E-state index in [4.69, 9.17) is 0 Å². The van der Waals surface area contributed by atoms with Gasteiger partial charge in [0.25, 0.3) is 6.43 Å². The maximum Gasteiger partial charge on any atom is 0.381 e. The lowest BCUT2D eigenvalue weighted by Gasteiger charge is -2.07. The van der Waals surface area contributed by atoms with Crippen molar-refractivity contribution in [1.29, 1.82) is 0 Å². The third-order valence-corrected chi connectivity index (χ3v) is 2.31. The van der Waals surface area contributed by atoms with E-state index in [0.29, 0.717) is 0 Å². The quantitative estimate of drug-likeness (QED) is 0.632. The summed E-state index contributed by atoms with van der Waals surface area (Å²) in [5.74, 6) is -0.831. The molecule has 0 radical (unpaired) electrons. The van der Waals surface area contributed by atoms with Crippen molar-refractivity contribution in [2.75, 3.05) is 7.11 Å². The van der Waals surface area contributed by atoms with E-state index < -0.39 is 22.7 Å². The molecule has 0 saturated carbocycles. The first kappa shape index (κ1) is 11.8. The number of alkyl halides is 2. The lowest BCUT2D eigenvalue weighted by molar-refractivity contribution is -0.390. The Balaban J connectivity index is 3.39. The lowest BCUT2D eigenvalue weighted by atomic mass is 10.2. The molecule has 0 aromatic carbocycles. The molecule has 0 spiro atoms. The van der Waals surface area contributed by atoms with Crippen LogP contribution in [0.25, 0.3) is 0 Å². The molecule has 0 aliphatic rings. The van der Waals surface area contributed by atoms with Gasteiger partial charge in [0, 0.05) is 0 Å². The van der Waals surface area contributed by atoms with Crippen LogP contribution in [0.1, 0.15) is 12.0 Å². The number of nitrogens with zero attached hydrogens (tertiary/aromatic N) is 2. The molecule has 0 aliphatic carbocycles. The molecular formula is C7H5BrF2N2O3. The van der Waals surface area contributed by atoms with E-state index in [1.54, 1.807) is 0 Å². The Bertz CT molecular complexity index is 400. The van der Waals surface area contributed by atoms with Crippen LogP contribution < -0.4 is 4.74 Å². The minimum absolute atomic E-state index is 0.187. The standard InChI is InChI=1S/C7H5BrF2N2O3/c1-15-5-3(6(9)10)2-11-7(4(5)8)12(13)14/h2,6H,1H3. The van der Waals surface area contributed by atoms with Crippen LogP contribution >= 0.6 is 15.9 Å². The summed E-state index contributed by atoms with van der Waals surface area (Å²) >= 11 is 2.80. The van der Waals surface area contributed by atoms with Gasteiger partial charge in [0.1, 0.15) is 5.56 Å². The predicted molar refractivity (Wildman–Crippen MR) is 50.1 cm³/mol. The van der Waals surface area contributed by atoms with Crippen LogP contribution in [-0.4, -0.2) is 17.0 Å². The van der Waals surface area contributed by atoms with E-state index in [0.717, 1.165) is 13.3 Å². The van der Waals surface area contributed by atoms with E-state index in [1.807, 2.05) is 0 Å². The zero-order chi connectivity index (χ0) is 11.6. The topological polar surface area (TPSA) is 65.3 Å². The van der Waals surface area contributed by atoms with Gasteiger partial charge in [0.05, 0.1) is 7.11 Å². The molecule has 0 aliphatic heterocycles. The smallest absolute Gasteiger partial charge is 0.381 e. The van der Waals surface area contributed by atoms with Crippen molar-refractivity contribution in [3.05, 3.63) is 26.3 Å². The van der Waals surface area contributed by atoms with Gasteiger partial charge >= 0.3 is 5.82 Å². The largest absolute Gasteiger partial charge is 0.495 e. The molecule has 15 heavy (non-hydrogen) atoms. The number of halogens is 3. The van der Waals surface area contributed by atoms with Crippen molar-refractivity contribution in [1.82, 2.24) is 4.98 Å². The van der Waals surface area contributed by atoms with Gasteiger partial charge in [-0.15, -0.1) is 0 Å². The highest BCUT2D eigenvalue weighted by Gasteiger charge is 2.26. The predicted octanol–water partition coefficient (Wildman–Crippen LogP) is 2.70. The molecular weight excluding hydrogens is 278 g/mol. The fourth-order valence-corrected chi connectivity index (χ4v) is 1.60. The molecule has 0 atom stereocenters. The first-order valence-electron chi connectivity index (χ1n) is 3.64. The molecule has 1 heterocycles. The lowest BCUT2D eigenvalue weighted by Crippen LogP contribution is -2.00. The summed E-state index contributed by atoms with van der Waals surface area (Å²) in [7, 11) is 1.15. The van der Waals surface area contributed by atoms with Crippen LogP contribution in [0.4, 0.5) is 14.6 Å². The van der Waals surface area contributed by atoms with Crippen molar-refractivity contribution in [2.45, 2.75) is 6.43 Å². The van der Waals surface area contributed by atoms with Gasteiger partial charge in [-0.1, -0.05) is 0 Å². The van der Waals surface area contributed by atoms with E-state index in [-0.39, 0.29) is 10.2 Å². The number of aromatic nitrogens is 1. The first-order chi connectivity index (χ1) is 6.99. The molecule has 0 N–H and O–H groups in total. The third-order valence-electron chi connectivity index (χ3n) is 1.60.